The Hall–Kier alpha value is -0.890. The maximum absolute atomic E-state index is 11.4. The first kappa shape index (κ1) is 10.2. The van der Waals surface area contributed by atoms with E-state index < -0.39 is 0 Å². The van der Waals surface area contributed by atoms with E-state index >= 15 is 0 Å². The van der Waals surface area contributed by atoms with E-state index in [1.54, 1.807) is 6.08 Å². The molecule has 0 aliphatic rings. The lowest BCUT2D eigenvalue weighted by Crippen LogP contribution is -1.88. The highest BCUT2D eigenvalue weighted by Gasteiger charge is 2.00. The Morgan fingerprint density at radius 3 is 3.08 bits per heavy atom. The molecule has 1 aromatic rings. The lowest BCUT2D eigenvalue weighted by atomic mass is 10.2. The summed E-state index contributed by atoms with van der Waals surface area (Å²) < 4.78 is 0. The average molecular weight is 194 g/mol. The van der Waals surface area contributed by atoms with E-state index in [1.807, 2.05) is 23.6 Å². The van der Waals surface area contributed by atoms with Crippen molar-refractivity contribution < 1.29 is 4.79 Å². The van der Waals surface area contributed by atoms with Gasteiger partial charge in [0, 0.05) is 0 Å². The van der Waals surface area contributed by atoms with Crippen LogP contribution in [0.25, 0.3) is 0 Å². The molecule has 13 heavy (non-hydrogen) atoms. The Kier molecular flexibility index (Phi) is 4.47. The number of thiophene rings is 1. The zero-order valence-electron chi connectivity index (χ0n) is 7.82. The fourth-order valence-electron chi connectivity index (χ4n) is 1.01. The quantitative estimate of drug-likeness (QED) is 0.397. The van der Waals surface area contributed by atoms with Gasteiger partial charge in [-0.3, -0.25) is 4.79 Å². The summed E-state index contributed by atoms with van der Waals surface area (Å²) in [6.45, 7) is 2.15. The van der Waals surface area contributed by atoms with Crippen molar-refractivity contribution in [3.05, 3.63) is 34.5 Å². The third-order valence-electron chi connectivity index (χ3n) is 1.76. The summed E-state index contributed by atoms with van der Waals surface area (Å²) in [6.07, 6.45) is 6.99. The molecule has 0 bridgehead atoms. The van der Waals surface area contributed by atoms with Gasteiger partial charge in [0.25, 0.3) is 0 Å². The number of allylic oxidation sites excluding steroid dienone is 2. The van der Waals surface area contributed by atoms with Crippen molar-refractivity contribution in [1.82, 2.24) is 0 Å². The van der Waals surface area contributed by atoms with Crippen molar-refractivity contribution in [3.8, 4) is 0 Å². The van der Waals surface area contributed by atoms with Gasteiger partial charge in [0.15, 0.2) is 5.78 Å². The maximum Gasteiger partial charge on any atom is 0.195 e. The van der Waals surface area contributed by atoms with Crippen LogP contribution >= 0.6 is 11.3 Å². The molecule has 0 atom stereocenters. The summed E-state index contributed by atoms with van der Waals surface area (Å²) in [4.78, 5) is 12.2. The molecule has 0 unspecified atom stereocenters. The van der Waals surface area contributed by atoms with E-state index in [2.05, 4.69) is 6.92 Å². The molecule has 1 aromatic heterocycles. The number of carbonyl (C=O) groups excluding carboxylic acids is 1. The SMILES string of the molecule is CCCC/C=C/C(=O)c1cccs1. The Labute approximate surface area is 83.1 Å². The Balaban J connectivity index is 2.38. The second kappa shape index (κ2) is 5.70. The van der Waals surface area contributed by atoms with Crippen LogP contribution in [0, 0.1) is 0 Å². The normalized spacial score (nSPS) is 10.8. The van der Waals surface area contributed by atoms with Gasteiger partial charge in [0.2, 0.25) is 0 Å². The third kappa shape index (κ3) is 3.55. The van der Waals surface area contributed by atoms with Crippen LogP contribution < -0.4 is 0 Å². The fraction of sp³-hybridized carbons (Fsp3) is 0.364. The molecule has 0 radical (unpaired) electrons. The number of carbonyl (C=O) groups is 1. The topological polar surface area (TPSA) is 17.1 Å². The Morgan fingerprint density at radius 1 is 1.62 bits per heavy atom. The van der Waals surface area contributed by atoms with Gasteiger partial charge in [-0.1, -0.05) is 31.9 Å². The lowest BCUT2D eigenvalue weighted by Gasteiger charge is -1.89. The minimum absolute atomic E-state index is 0.131. The summed E-state index contributed by atoms with van der Waals surface area (Å²) >= 11 is 1.49. The van der Waals surface area contributed by atoms with Crippen LogP contribution in [0.2, 0.25) is 0 Å². The number of unbranched alkanes of at least 4 members (excludes halogenated alkanes) is 2. The zero-order chi connectivity index (χ0) is 9.52. The van der Waals surface area contributed by atoms with E-state index in [1.165, 1.54) is 17.8 Å². The summed E-state index contributed by atoms with van der Waals surface area (Å²) in [5.74, 6) is 0.131. The molecular weight excluding hydrogens is 180 g/mol. The molecule has 0 N–H and O–H groups in total. The molecule has 0 spiro atoms. The van der Waals surface area contributed by atoms with Gasteiger partial charge in [0.05, 0.1) is 4.88 Å². The highest BCUT2D eigenvalue weighted by molar-refractivity contribution is 7.12. The van der Waals surface area contributed by atoms with Gasteiger partial charge in [-0.2, -0.15) is 0 Å². The first-order chi connectivity index (χ1) is 6.34. The summed E-state index contributed by atoms with van der Waals surface area (Å²) in [5, 5.41) is 1.92. The first-order valence-corrected chi connectivity index (χ1v) is 5.47. The molecular formula is C11H14OS. The van der Waals surface area contributed by atoms with Gasteiger partial charge >= 0.3 is 0 Å². The van der Waals surface area contributed by atoms with Gasteiger partial charge in [-0.25, -0.2) is 0 Å². The van der Waals surface area contributed by atoms with Crippen molar-refractivity contribution >= 4 is 17.1 Å². The number of ketones is 1. The van der Waals surface area contributed by atoms with Gasteiger partial charge in [-0.15, -0.1) is 11.3 Å². The van der Waals surface area contributed by atoms with Gasteiger partial charge in [-0.05, 0) is 23.9 Å². The second-order valence-electron chi connectivity index (χ2n) is 2.89. The van der Waals surface area contributed by atoms with E-state index in [4.69, 9.17) is 0 Å². The van der Waals surface area contributed by atoms with Gasteiger partial charge < -0.3 is 0 Å². The summed E-state index contributed by atoms with van der Waals surface area (Å²) in [7, 11) is 0. The smallest absolute Gasteiger partial charge is 0.195 e. The Bertz CT molecular complexity index is 272. The number of rotatable bonds is 5. The lowest BCUT2D eigenvalue weighted by molar-refractivity contribution is 0.105. The van der Waals surface area contributed by atoms with Crippen LogP contribution in [0.15, 0.2) is 29.7 Å². The van der Waals surface area contributed by atoms with Crippen LogP contribution in [0.5, 0.6) is 0 Å². The van der Waals surface area contributed by atoms with Crippen LogP contribution in [0.3, 0.4) is 0 Å². The molecule has 0 fully saturated rings. The second-order valence-corrected chi connectivity index (χ2v) is 3.83. The van der Waals surface area contributed by atoms with Crippen molar-refractivity contribution in [2.45, 2.75) is 26.2 Å². The maximum atomic E-state index is 11.4. The summed E-state index contributed by atoms with van der Waals surface area (Å²) in [6, 6.07) is 3.76. The third-order valence-corrected chi connectivity index (χ3v) is 2.64. The van der Waals surface area contributed by atoms with E-state index in [0.717, 1.165) is 17.7 Å². The van der Waals surface area contributed by atoms with Crippen molar-refractivity contribution in [3.63, 3.8) is 0 Å². The molecule has 0 saturated heterocycles. The molecule has 70 valence electrons. The molecule has 1 heterocycles. The molecule has 0 aromatic carbocycles. The highest BCUT2D eigenvalue weighted by atomic mass is 32.1. The molecule has 0 amide bonds. The van der Waals surface area contributed by atoms with Crippen molar-refractivity contribution in [2.75, 3.05) is 0 Å². The van der Waals surface area contributed by atoms with E-state index in [0.29, 0.717) is 0 Å². The number of hydrogen-bond donors (Lipinski definition) is 0. The molecule has 0 aliphatic heterocycles. The standard InChI is InChI=1S/C11H14OS/c1-2-3-4-5-7-10(12)11-8-6-9-13-11/h5-9H,2-4H2,1H3/b7-5+. The molecule has 0 saturated carbocycles. The van der Waals surface area contributed by atoms with E-state index in [-0.39, 0.29) is 5.78 Å². The largest absolute Gasteiger partial charge is 0.288 e. The van der Waals surface area contributed by atoms with E-state index in [9.17, 15) is 4.79 Å². The molecule has 1 rings (SSSR count). The molecule has 1 nitrogen and oxygen atoms in total. The van der Waals surface area contributed by atoms with Crippen LogP contribution in [0.4, 0.5) is 0 Å². The van der Waals surface area contributed by atoms with Crippen molar-refractivity contribution in [1.29, 1.82) is 0 Å². The monoisotopic (exact) mass is 194 g/mol. The van der Waals surface area contributed by atoms with Crippen LogP contribution in [-0.4, -0.2) is 5.78 Å². The van der Waals surface area contributed by atoms with Crippen molar-refractivity contribution in [2.24, 2.45) is 0 Å². The Morgan fingerprint density at radius 2 is 2.46 bits per heavy atom. The predicted octanol–water partition coefficient (Wildman–Crippen LogP) is 3.68. The minimum atomic E-state index is 0.131. The predicted molar refractivity (Wildman–Crippen MR) is 57.3 cm³/mol. The average Bonchev–Trinajstić information content (AvgIpc) is 2.65. The highest BCUT2D eigenvalue weighted by Crippen LogP contribution is 2.10. The molecule has 0 aliphatic carbocycles. The number of hydrogen-bond acceptors (Lipinski definition) is 2. The minimum Gasteiger partial charge on any atom is -0.288 e. The first-order valence-electron chi connectivity index (χ1n) is 4.59. The summed E-state index contributed by atoms with van der Waals surface area (Å²) in [5.41, 5.74) is 0. The fourth-order valence-corrected chi connectivity index (χ4v) is 1.66. The van der Waals surface area contributed by atoms with Gasteiger partial charge in [0.1, 0.15) is 0 Å². The molecule has 2 heteroatoms. The van der Waals surface area contributed by atoms with Crippen LogP contribution in [-0.2, 0) is 0 Å². The van der Waals surface area contributed by atoms with Crippen LogP contribution in [0.1, 0.15) is 35.9 Å². The zero-order valence-corrected chi connectivity index (χ0v) is 8.64.